The highest BCUT2D eigenvalue weighted by Crippen LogP contribution is 2.17. The Hall–Kier alpha value is -3.61. The SMILES string of the molecule is COC(=O)c1ccc(NC(=O)CNC(=O)Cc2c[nH]c3ccccc23)cc1. The number of benzene rings is 2. The normalized spacial score (nSPS) is 10.4. The molecule has 0 atom stereocenters. The Bertz CT molecular complexity index is 976. The third-order valence-corrected chi connectivity index (χ3v) is 4.06. The predicted octanol–water partition coefficient (Wildman–Crippen LogP) is 2.25. The lowest BCUT2D eigenvalue weighted by Crippen LogP contribution is -2.33. The Labute approximate surface area is 155 Å². The van der Waals surface area contributed by atoms with Gasteiger partial charge in [-0.3, -0.25) is 9.59 Å². The number of H-pyrrole nitrogens is 1. The molecule has 0 radical (unpaired) electrons. The minimum Gasteiger partial charge on any atom is -0.465 e. The van der Waals surface area contributed by atoms with E-state index in [-0.39, 0.29) is 24.8 Å². The molecule has 0 spiro atoms. The van der Waals surface area contributed by atoms with Gasteiger partial charge in [0.1, 0.15) is 0 Å². The molecule has 1 heterocycles. The Morgan fingerprint density at radius 2 is 1.74 bits per heavy atom. The summed E-state index contributed by atoms with van der Waals surface area (Å²) >= 11 is 0. The van der Waals surface area contributed by atoms with Crippen LogP contribution in [-0.4, -0.2) is 36.4 Å². The van der Waals surface area contributed by atoms with Crippen molar-refractivity contribution in [2.24, 2.45) is 0 Å². The topological polar surface area (TPSA) is 100 Å². The molecule has 3 N–H and O–H groups in total. The Kier molecular flexibility index (Phi) is 5.51. The van der Waals surface area contributed by atoms with E-state index in [9.17, 15) is 14.4 Å². The zero-order valence-electron chi connectivity index (χ0n) is 14.7. The van der Waals surface area contributed by atoms with E-state index in [4.69, 9.17) is 0 Å². The number of para-hydroxylation sites is 1. The predicted molar refractivity (Wildman–Crippen MR) is 101 cm³/mol. The number of hydrogen-bond donors (Lipinski definition) is 3. The number of amides is 2. The van der Waals surface area contributed by atoms with E-state index in [1.54, 1.807) is 30.5 Å². The zero-order valence-corrected chi connectivity index (χ0v) is 14.7. The summed E-state index contributed by atoms with van der Waals surface area (Å²) in [5, 5.41) is 6.25. The van der Waals surface area contributed by atoms with E-state index in [0.717, 1.165) is 16.5 Å². The van der Waals surface area contributed by atoms with E-state index < -0.39 is 5.97 Å². The van der Waals surface area contributed by atoms with Gasteiger partial charge in [-0.25, -0.2) is 4.79 Å². The summed E-state index contributed by atoms with van der Waals surface area (Å²) in [7, 11) is 1.30. The summed E-state index contributed by atoms with van der Waals surface area (Å²) < 4.78 is 4.62. The molecule has 138 valence electrons. The number of hydrogen-bond acceptors (Lipinski definition) is 4. The standard InChI is InChI=1S/C20H19N3O4/c1-27-20(26)13-6-8-15(9-7-13)23-19(25)12-22-18(24)10-14-11-21-17-5-3-2-4-16(14)17/h2-9,11,21H,10,12H2,1H3,(H,22,24)(H,23,25). The molecule has 0 unspecified atom stereocenters. The van der Waals surface area contributed by atoms with Crippen molar-refractivity contribution in [2.75, 3.05) is 19.0 Å². The largest absolute Gasteiger partial charge is 0.465 e. The smallest absolute Gasteiger partial charge is 0.337 e. The number of aromatic amines is 1. The first-order chi connectivity index (χ1) is 13.1. The lowest BCUT2D eigenvalue weighted by atomic mass is 10.1. The number of methoxy groups -OCH3 is 1. The fourth-order valence-corrected chi connectivity index (χ4v) is 2.70. The van der Waals surface area contributed by atoms with Crippen LogP contribution in [0, 0.1) is 0 Å². The minimum atomic E-state index is -0.447. The molecule has 2 aromatic carbocycles. The van der Waals surface area contributed by atoms with Gasteiger partial charge in [0, 0.05) is 22.8 Å². The fraction of sp³-hybridized carbons (Fsp3) is 0.150. The van der Waals surface area contributed by atoms with Gasteiger partial charge in [-0.05, 0) is 35.9 Å². The highest BCUT2D eigenvalue weighted by Gasteiger charge is 2.11. The highest BCUT2D eigenvalue weighted by atomic mass is 16.5. The fourth-order valence-electron chi connectivity index (χ4n) is 2.70. The molecular formula is C20H19N3O4. The van der Waals surface area contributed by atoms with Gasteiger partial charge < -0.3 is 20.4 Å². The lowest BCUT2D eigenvalue weighted by molar-refractivity contribution is -0.123. The number of aromatic nitrogens is 1. The zero-order chi connectivity index (χ0) is 19.2. The number of esters is 1. The van der Waals surface area contributed by atoms with E-state index in [2.05, 4.69) is 20.4 Å². The molecule has 0 bridgehead atoms. The molecule has 3 aromatic rings. The van der Waals surface area contributed by atoms with Crippen molar-refractivity contribution >= 4 is 34.4 Å². The Morgan fingerprint density at radius 3 is 2.48 bits per heavy atom. The maximum absolute atomic E-state index is 12.1. The van der Waals surface area contributed by atoms with Crippen molar-refractivity contribution in [3.63, 3.8) is 0 Å². The van der Waals surface area contributed by atoms with Gasteiger partial charge in [0.15, 0.2) is 0 Å². The number of nitrogens with one attached hydrogen (secondary N) is 3. The first-order valence-electron chi connectivity index (χ1n) is 8.37. The molecule has 27 heavy (non-hydrogen) atoms. The summed E-state index contributed by atoms with van der Waals surface area (Å²) in [6, 6.07) is 14.0. The molecule has 0 fully saturated rings. The van der Waals surface area contributed by atoms with Crippen molar-refractivity contribution in [1.82, 2.24) is 10.3 Å². The van der Waals surface area contributed by atoms with Crippen LogP contribution in [0.15, 0.2) is 54.7 Å². The summed E-state index contributed by atoms with van der Waals surface area (Å²) in [5.74, 6) is -1.04. The lowest BCUT2D eigenvalue weighted by Gasteiger charge is -2.07. The van der Waals surface area contributed by atoms with Crippen LogP contribution in [0.5, 0.6) is 0 Å². The van der Waals surface area contributed by atoms with E-state index in [1.165, 1.54) is 7.11 Å². The number of fused-ring (bicyclic) bond motifs is 1. The summed E-state index contributed by atoms with van der Waals surface area (Å²) in [6.07, 6.45) is 1.98. The molecule has 1 aromatic heterocycles. The monoisotopic (exact) mass is 365 g/mol. The average molecular weight is 365 g/mol. The number of carbonyl (C=O) groups excluding carboxylic acids is 3. The minimum absolute atomic E-state index is 0.139. The van der Waals surface area contributed by atoms with Crippen LogP contribution >= 0.6 is 0 Å². The summed E-state index contributed by atoms with van der Waals surface area (Å²) in [6.45, 7) is -0.139. The number of rotatable bonds is 6. The van der Waals surface area contributed by atoms with Gasteiger partial charge in [-0.1, -0.05) is 18.2 Å². The molecule has 0 aliphatic heterocycles. The van der Waals surface area contributed by atoms with Crippen LogP contribution in [-0.2, 0) is 20.7 Å². The van der Waals surface area contributed by atoms with E-state index >= 15 is 0 Å². The maximum atomic E-state index is 12.1. The van der Waals surface area contributed by atoms with Gasteiger partial charge in [-0.2, -0.15) is 0 Å². The second-order valence-corrected chi connectivity index (χ2v) is 5.93. The number of anilines is 1. The molecule has 7 nitrogen and oxygen atoms in total. The molecule has 2 amide bonds. The molecule has 3 rings (SSSR count). The Morgan fingerprint density at radius 1 is 1.00 bits per heavy atom. The molecule has 0 saturated carbocycles. The van der Waals surface area contributed by atoms with Gasteiger partial charge in [-0.15, -0.1) is 0 Å². The summed E-state index contributed by atoms with van der Waals surface area (Å²) in [4.78, 5) is 38.6. The van der Waals surface area contributed by atoms with Crippen molar-refractivity contribution in [3.8, 4) is 0 Å². The maximum Gasteiger partial charge on any atom is 0.337 e. The third kappa shape index (κ3) is 4.52. The Balaban J connectivity index is 1.50. The molecule has 7 heteroatoms. The van der Waals surface area contributed by atoms with Crippen molar-refractivity contribution in [3.05, 3.63) is 65.9 Å². The van der Waals surface area contributed by atoms with Gasteiger partial charge in [0.05, 0.1) is 25.6 Å². The van der Waals surface area contributed by atoms with Crippen LogP contribution in [0.2, 0.25) is 0 Å². The average Bonchev–Trinajstić information content (AvgIpc) is 3.09. The van der Waals surface area contributed by atoms with Crippen LogP contribution in [0.3, 0.4) is 0 Å². The molecule has 0 saturated heterocycles. The molecule has 0 aliphatic rings. The van der Waals surface area contributed by atoms with Crippen molar-refractivity contribution in [2.45, 2.75) is 6.42 Å². The van der Waals surface area contributed by atoms with Crippen LogP contribution in [0.25, 0.3) is 10.9 Å². The van der Waals surface area contributed by atoms with Crippen molar-refractivity contribution < 1.29 is 19.1 Å². The third-order valence-electron chi connectivity index (χ3n) is 4.06. The highest BCUT2D eigenvalue weighted by molar-refractivity contribution is 5.96. The first-order valence-corrected chi connectivity index (χ1v) is 8.37. The van der Waals surface area contributed by atoms with E-state index in [1.807, 2.05) is 24.3 Å². The molecule has 0 aliphatic carbocycles. The van der Waals surface area contributed by atoms with E-state index in [0.29, 0.717) is 11.3 Å². The van der Waals surface area contributed by atoms with Crippen molar-refractivity contribution in [1.29, 1.82) is 0 Å². The number of ether oxygens (including phenoxy) is 1. The summed E-state index contributed by atoms with van der Waals surface area (Å²) in [5.41, 5.74) is 2.76. The number of carbonyl (C=O) groups is 3. The second kappa shape index (κ2) is 8.18. The van der Waals surface area contributed by atoms with Crippen LogP contribution in [0.4, 0.5) is 5.69 Å². The quantitative estimate of drug-likeness (QED) is 0.583. The first kappa shape index (κ1) is 18.2. The van der Waals surface area contributed by atoms with Crippen LogP contribution in [0.1, 0.15) is 15.9 Å². The second-order valence-electron chi connectivity index (χ2n) is 5.93. The molecular weight excluding hydrogens is 346 g/mol. The van der Waals surface area contributed by atoms with Crippen LogP contribution < -0.4 is 10.6 Å². The van der Waals surface area contributed by atoms with Gasteiger partial charge in [0.2, 0.25) is 11.8 Å². The van der Waals surface area contributed by atoms with Gasteiger partial charge in [0.25, 0.3) is 0 Å². The van der Waals surface area contributed by atoms with Gasteiger partial charge >= 0.3 is 5.97 Å².